The first-order valence-electron chi connectivity index (χ1n) is 10.9. The molecule has 4 rings (SSSR count). The molecule has 0 aliphatic carbocycles. The lowest BCUT2D eigenvalue weighted by atomic mass is 9.87. The van der Waals surface area contributed by atoms with Crippen molar-refractivity contribution in [2.24, 2.45) is 5.92 Å². The topological polar surface area (TPSA) is 59.8 Å². The molecule has 0 saturated carbocycles. The molecule has 0 N–H and O–H groups in total. The number of fused-ring (bicyclic) bond motifs is 2. The summed E-state index contributed by atoms with van der Waals surface area (Å²) in [5, 5.41) is 0. The van der Waals surface area contributed by atoms with E-state index in [-0.39, 0.29) is 5.91 Å². The summed E-state index contributed by atoms with van der Waals surface area (Å²) in [7, 11) is 0. The van der Waals surface area contributed by atoms with Gasteiger partial charge in [-0.15, -0.1) is 0 Å². The highest BCUT2D eigenvalue weighted by Gasteiger charge is 2.47. The van der Waals surface area contributed by atoms with Gasteiger partial charge in [-0.1, -0.05) is 0 Å². The average molecular weight is 391 g/mol. The number of amides is 1. The van der Waals surface area contributed by atoms with Gasteiger partial charge in [-0.05, 0) is 45.4 Å². The number of hydrogen-bond acceptors (Lipinski definition) is 5. The highest BCUT2D eigenvalue weighted by Crippen LogP contribution is 2.40. The van der Waals surface area contributed by atoms with E-state index in [1.807, 2.05) is 31.1 Å². The summed E-state index contributed by atoms with van der Waals surface area (Å²) in [5.41, 5.74) is -0.429. The predicted octanol–water partition coefficient (Wildman–Crippen LogP) is 1.87. The number of nitrogens with zero attached hydrogens (tertiary/aromatic N) is 4. The minimum Gasteiger partial charge on any atom is -0.381 e. The number of hydrogen-bond donors (Lipinski definition) is 0. The lowest BCUT2D eigenvalue weighted by molar-refractivity contribution is -0.181. The largest absolute Gasteiger partial charge is 0.381 e. The van der Waals surface area contributed by atoms with Crippen molar-refractivity contribution in [1.29, 1.82) is 0 Å². The summed E-state index contributed by atoms with van der Waals surface area (Å²) in [5.74, 6) is 1.85. The van der Waals surface area contributed by atoms with Crippen LogP contribution in [0.1, 0.15) is 45.4 Å². The Morgan fingerprint density at radius 3 is 2.64 bits per heavy atom. The molecule has 3 aliphatic rings. The third-order valence-electron chi connectivity index (χ3n) is 6.72. The van der Waals surface area contributed by atoms with E-state index in [1.165, 1.54) is 12.8 Å². The molecule has 0 radical (unpaired) electrons. The zero-order valence-electron chi connectivity index (χ0n) is 17.3. The summed E-state index contributed by atoms with van der Waals surface area (Å²) in [6.07, 6.45) is 7.57. The van der Waals surface area contributed by atoms with Crippen LogP contribution in [0.4, 0.5) is 0 Å². The second-order valence-corrected chi connectivity index (χ2v) is 8.37. The predicted molar refractivity (Wildman–Crippen MR) is 106 cm³/mol. The van der Waals surface area contributed by atoms with Gasteiger partial charge in [-0.25, -0.2) is 4.98 Å². The van der Waals surface area contributed by atoms with Crippen LogP contribution >= 0.6 is 0 Å². The van der Waals surface area contributed by atoms with E-state index in [9.17, 15) is 4.79 Å². The van der Waals surface area contributed by atoms with Crippen LogP contribution in [0.15, 0.2) is 12.4 Å². The van der Waals surface area contributed by atoms with Crippen molar-refractivity contribution in [2.75, 3.05) is 45.9 Å². The SMILES string of the molecule is CCN(CC)C(=O)[C@H]1Cn2ccnc2C2(CCN(CC3CCOCC3)CC2)O1. The fraction of sp³-hybridized carbons (Fsp3) is 0.810. The van der Waals surface area contributed by atoms with E-state index in [1.54, 1.807) is 0 Å². The molecule has 2 fully saturated rings. The Bertz CT molecular complexity index is 658. The van der Waals surface area contributed by atoms with Gasteiger partial charge in [0.05, 0.1) is 6.54 Å². The Hall–Kier alpha value is -1.44. The quantitative estimate of drug-likeness (QED) is 0.768. The molecule has 1 atom stereocenters. The minimum absolute atomic E-state index is 0.105. The van der Waals surface area contributed by atoms with E-state index in [4.69, 9.17) is 9.47 Å². The lowest BCUT2D eigenvalue weighted by Crippen LogP contribution is -2.55. The van der Waals surface area contributed by atoms with Crippen molar-refractivity contribution < 1.29 is 14.3 Å². The maximum atomic E-state index is 13.0. The van der Waals surface area contributed by atoms with Crippen molar-refractivity contribution >= 4 is 5.91 Å². The molecule has 1 spiro atoms. The van der Waals surface area contributed by atoms with Crippen molar-refractivity contribution in [3.8, 4) is 0 Å². The van der Waals surface area contributed by atoms with Crippen molar-refractivity contribution in [3.05, 3.63) is 18.2 Å². The van der Waals surface area contributed by atoms with E-state index in [0.717, 1.165) is 70.5 Å². The Morgan fingerprint density at radius 2 is 1.96 bits per heavy atom. The highest BCUT2D eigenvalue weighted by atomic mass is 16.5. The summed E-state index contributed by atoms with van der Waals surface area (Å²) in [4.78, 5) is 22.1. The number of imidazole rings is 1. The van der Waals surface area contributed by atoms with Gasteiger partial charge in [-0.3, -0.25) is 4.79 Å². The number of aromatic nitrogens is 2. The van der Waals surface area contributed by atoms with Gasteiger partial charge in [0.1, 0.15) is 11.4 Å². The molecule has 4 heterocycles. The average Bonchev–Trinajstić information content (AvgIpc) is 3.21. The number of piperidine rings is 1. The molecule has 7 heteroatoms. The first-order chi connectivity index (χ1) is 13.6. The summed E-state index contributed by atoms with van der Waals surface area (Å²) < 4.78 is 14.2. The molecular weight excluding hydrogens is 356 g/mol. The molecule has 1 amide bonds. The molecule has 0 unspecified atom stereocenters. The molecule has 3 aliphatic heterocycles. The van der Waals surface area contributed by atoms with Crippen LogP contribution in [-0.2, 0) is 26.4 Å². The molecule has 1 aromatic heterocycles. The van der Waals surface area contributed by atoms with Crippen LogP contribution in [0.2, 0.25) is 0 Å². The normalized spacial score (nSPS) is 25.6. The Balaban J connectivity index is 1.45. The van der Waals surface area contributed by atoms with Crippen LogP contribution in [0.5, 0.6) is 0 Å². The molecule has 156 valence electrons. The summed E-state index contributed by atoms with van der Waals surface area (Å²) >= 11 is 0. The highest BCUT2D eigenvalue weighted by molar-refractivity contribution is 5.81. The summed E-state index contributed by atoms with van der Waals surface area (Å²) in [6.45, 7) is 11.0. The number of likely N-dealkylation sites (N-methyl/N-ethyl adjacent to an activating group) is 1. The molecule has 1 aromatic rings. The van der Waals surface area contributed by atoms with Gasteiger partial charge < -0.3 is 23.8 Å². The van der Waals surface area contributed by atoms with Crippen molar-refractivity contribution in [2.45, 2.75) is 57.8 Å². The van der Waals surface area contributed by atoms with Crippen molar-refractivity contribution in [3.63, 3.8) is 0 Å². The van der Waals surface area contributed by atoms with E-state index in [0.29, 0.717) is 6.54 Å². The Morgan fingerprint density at radius 1 is 1.25 bits per heavy atom. The number of likely N-dealkylation sites (tertiary alicyclic amines) is 1. The van der Waals surface area contributed by atoms with Crippen LogP contribution in [0.25, 0.3) is 0 Å². The van der Waals surface area contributed by atoms with E-state index >= 15 is 0 Å². The Kier molecular flexibility index (Phi) is 6.04. The molecule has 0 bridgehead atoms. The van der Waals surface area contributed by atoms with Gasteiger partial charge in [0.2, 0.25) is 0 Å². The van der Waals surface area contributed by atoms with E-state index in [2.05, 4.69) is 14.5 Å². The van der Waals surface area contributed by atoms with Gasteiger partial charge in [0.25, 0.3) is 5.91 Å². The standard InChI is InChI=1S/C21H34N4O3/c1-3-24(4-2)19(26)18-16-25-12-9-22-20(25)21(28-18)7-10-23(11-8-21)15-17-5-13-27-14-6-17/h9,12,17-18H,3-8,10-11,13-16H2,1-2H3/t18-/m1/s1. The van der Waals surface area contributed by atoms with Crippen LogP contribution in [0.3, 0.4) is 0 Å². The molecule has 28 heavy (non-hydrogen) atoms. The van der Waals surface area contributed by atoms with E-state index < -0.39 is 11.7 Å². The van der Waals surface area contributed by atoms with Crippen molar-refractivity contribution in [1.82, 2.24) is 19.4 Å². The third-order valence-corrected chi connectivity index (χ3v) is 6.72. The van der Waals surface area contributed by atoms with Crippen LogP contribution < -0.4 is 0 Å². The zero-order valence-corrected chi connectivity index (χ0v) is 17.3. The van der Waals surface area contributed by atoms with Crippen LogP contribution in [0, 0.1) is 5.92 Å². The van der Waals surface area contributed by atoms with Crippen LogP contribution in [-0.4, -0.2) is 77.3 Å². The minimum atomic E-state index is -0.429. The maximum Gasteiger partial charge on any atom is 0.253 e. The fourth-order valence-corrected chi connectivity index (χ4v) is 5.00. The first-order valence-corrected chi connectivity index (χ1v) is 10.9. The number of carbonyl (C=O) groups is 1. The molecule has 7 nitrogen and oxygen atoms in total. The number of ether oxygens (including phenoxy) is 2. The number of rotatable bonds is 5. The fourth-order valence-electron chi connectivity index (χ4n) is 5.00. The van der Waals surface area contributed by atoms with Gasteiger partial charge in [-0.2, -0.15) is 0 Å². The smallest absolute Gasteiger partial charge is 0.253 e. The van der Waals surface area contributed by atoms with Gasteiger partial charge in [0, 0.05) is 58.3 Å². The molecular formula is C21H34N4O3. The number of carbonyl (C=O) groups excluding carboxylic acids is 1. The Labute approximate surface area is 168 Å². The summed E-state index contributed by atoms with van der Waals surface area (Å²) in [6, 6.07) is 0. The second kappa shape index (κ2) is 8.51. The molecule has 0 aromatic carbocycles. The molecule has 2 saturated heterocycles. The van der Waals surface area contributed by atoms with Gasteiger partial charge in [0.15, 0.2) is 6.10 Å². The third kappa shape index (κ3) is 3.84. The lowest BCUT2D eigenvalue weighted by Gasteiger charge is -2.46. The maximum absolute atomic E-state index is 13.0. The monoisotopic (exact) mass is 390 g/mol. The first kappa shape index (κ1) is 19.9. The second-order valence-electron chi connectivity index (χ2n) is 8.37. The van der Waals surface area contributed by atoms with Gasteiger partial charge >= 0.3 is 0 Å². The zero-order chi connectivity index (χ0) is 19.6.